The van der Waals surface area contributed by atoms with Gasteiger partial charge in [0.2, 0.25) is 15.9 Å². The van der Waals surface area contributed by atoms with Gasteiger partial charge in [-0.05, 0) is 24.6 Å². The number of rotatable bonds is 4. The molecule has 21 heavy (non-hydrogen) atoms. The summed E-state index contributed by atoms with van der Waals surface area (Å²) in [7, 11) is -3.39. The van der Waals surface area contributed by atoms with Crippen molar-refractivity contribution in [3.05, 3.63) is 35.4 Å². The number of hydrogen-bond donors (Lipinski definition) is 3. The molecule has 8 heteroatoms. The Kier molecular flexibility index (Phi) is 4.55. The Morgan fingerprint density at radius 1 is 1.38 bits per heavy atom. The van der Waals surface area contributed by atoms with Gasteiger partial charge < -0.3 is 11.1 Å². The third kappa shape index (κ3) is 4.45. The van der Waals surface area contributed by atoms with Crippen molar-refractivity contribution in [3.63, 3.8) is 0 Å². The number of hydrogen-bond acceptors (Lipinski definition) is 4. The van der Waals surface area contributed by atoms with Gasteiger partial charge in [-0.1, -0.05) is 23.8 Å². The first-order valence-electron chi connectivity index (χ1n) is 6.27. The first-order valence-corrected chi connectivity index (χ1v) is 8.53. The van der Waals surface area contributed by atoms with Crippen molar-refractivity contribution in [1.29, 1.82) is 0 Å². The molecule has 0 heterocycles. The van der Waals surface area contributed by atoms with E-state index in [0.717, 1.165) is 6.26 Å². The second kappa shape index (κ2) is 6.05. The van der Waals surface area contributed by atoms with E-state index in [9.17, 15) is 13.2 Å². The van der Waals surface area contributed by atoms with Crippen LogP contribution in [0.15, 0.2) is 30.4 Å². The van der Waals surface area contributed by atoms with Gasteiger partial charge in [0.1, 0.15) is 0 Å². The third-order valence-corrected chi connectivity index (χ3v) is 3.92. The SMILES string of the molecule is CS(=O)(=O)Nc1ccc(Cl)c(NC(=O)C2C=CC(N)C2)c1. The van der Waals surface area contributed by atoms with E-state index in [0.29, 0.717) is 22.8 Å². The molecule has 114 valence electrons. The smallest absolute Gasteiger partial charge is 0.231 e. The Balaban J connectivity index is 2.14. The average molecular weight is 330 g/mol. The van der Waals surface area contributed by atoms with Gasteiger partial charge in [-0.2, -0.15) is 0 Å². The standard InChI is InChI=1S/C13H16ClN3O3S/c1-21(19,20)17-10-4-5-11(14)12(7-10)16-13(18)8-2-3-9(15)6-8/h2-5,7-9,17H,6,15H2,1H3,(H,16,18). The van der Waals surface area contributed by atoms with E-state index in [2.05, 4.69) is 10.0 Å². The molecule has 0 saturated carbocycles. The van der Waals surface area contributed by atoms with Crippen LogP contribution in [0.2, 0.25) is 5.02 Å². The van der Waals surface area contributed by atoms with E-state index >= 15 is 0 Å². The Morgan fingerprint density at radius 2 is 2.10 bits per heavy atom. The van der Waals surface area contributed by atoms with Crippen LogP contribution < -0.4 is 15.8 Å². The first kappa shape index (κ1) is 15.8. The molecule has 1 amide bonds. The number of benzene rings is 1. The fourth-order valence-electron chi connectivity index (χ4n) is 2.05. The van der Waals surface area contributed by atoms with E-state index in [1.165, 1.54) is 18.2 Å². The molecule has 2 rings (SSSR count). The van der Waals surface area contributed by atoms with Crippen molar-refractivity contribution < 1.29 is 13.2 Å². The van der Waals surface area contributed by atoms with Crippen LogP contribution in [0.1, 0.15) is 6.42 Å². The summed E-state index contributed by atoms with van der Waals surface area (Å²) in [6.07, 6.45) is 5.13. The van der Waals surface area contributed by atoms with Crippen LogP contribution >= 0.6 is 11.6 Å². The molecule has 1 aromatic carbocycles. The number of carbonyl (C=O) groups excluding carboxylic acids is 1. The van der Waals surface area contributed by atoms with E-state index in [-0.39, 0.29) is 17.9 Å². The normalized spacial score (nSPS) is 21.3. The van der Waals surface area contributed by atoms with Crippen LogP contribution in [0.3, 0.4) is 0 Å². The zero-order chi connectivity index (χ0) is 15.6. The predicted octanol–water partition coefficient (Wildman–Crippen LogP) is 1.55. The maximum Gasteiger partial charge on any atom is 0.231 e. The van der Waals surface area contributed by atoms with Gasteiger partial charge in [0, 0.05) is 6.04 Å². The highest BCUT2D eigenvalue weighted by Crippen LogP contribution is 2.27. The maximum absolute atomic E-state index is 12.1. The summed E-state index contributed by atoms with van der Waals surface area (Å²) < 4.78 is 24.7. The van der Waals surface area contributed by atoms with Crippen molar-refractivity contribution >= 4 is 38.9 Å². The molecule has 1 aliphatic rings. The molecule has 2 unspecified atom stereocenters. The molecule has 0 aliphatic heterocycles. The number of nitrogens with one attached hydrogen (secondary N) is 2. The summed E-state index contributed by atoms with van der Waals surface area (Å²) in [4.78, 5) is 12.1. The summed E-state index contributed by atoms with van der Waals surface area (Å²) >= 11 is 6.01. The van der Waals surface area contributed by atoms with Gasteiger partial charge in [-0.15, -0.1) is 0 Å². The quantitative estimate of drug-likeness (QED) is 0.729. The predicted molar refractivity (Wildman–Crippen MR) is 83.8 cm³/mol. The minimum absolute atomic E-state index is 0.116. The largest absolute Gasteiger partial charge is 0.324 e. The monoisotopic (exact) mass is 329 g/mol. The van der Waals surface area contributed by atoms with Crippen molar-refractivity contribution in [2.75, 3.05) is 16.3 Å². The molecular weight excluding hydrogens is 314 g/mol. The Bertz CT molecular complexity index is 688. The molecule has 0 spiro atoms. The number of amides is 1. The zero-order valence-corrected chi connectivity index (χ0v) is 12.9. The van der Waals surface area contributed by atoms with Crippen molar-refractivity contribution in [1.82, 2.24) is 0 Å². The number of halogens is 1. The molecule has 0 bridgehead atoms. The van der Waals surface area contributed by atoms with Gasteiger partial charge in [0.15, 0.2) is 0 Å². The molecule has 2 atom stereocenters. The number of carbonyl (C=O) groups is 1. The molecule has 0 saturated heterocycles. The van der Waals surface area contributed by atoms with Gasteiger partial charge >= 0.3 is 0 Å². The minimum atomic E-state index is -3.39. The van der Waals surface area contributed by atoms with Crippen LogP contribution in [0.4, 0.5) is 11.4 Å². The molecule has 0 radical (unpaired) electrons. The molecular formula is C13H16ClN3O3S. The van der Waals surface area contributed by atoms with E-state index in [1.54, 1.807) is 12.2 Å². The number of anilines is 2. The van der Waals surface area contributed by atoms with Crippen LogP contribution in [0.5, 0.6) is 0 Å². The molecule has 6 nitrogen and oxygen atoms in total. The summed E-state index contributed by atoms with van der Waals surface area (Å²) in [5.74, 6) is -0.528. The highest BCUT2D eigenvalue weighted by Gasteiger charge is 2.23. The Hall–Kier alpha value is -1.57. The molecule has 0 fully saturated rings. The van der Waals surface area contributed by atoms with Gasteiger partial charge in [0.05, 0.1) is 28.6 Å². The molecule has 1 aliphatic carbocycles. The fraction of sp³-hybridized carbons (Fsp3) is 0.308. The highest BCUT2D eigenvalue weighted by molar-refractivity contribution is 7.92. The second-order valence-corrected chi connectivity index (χ2v) is 7.10. The lowest BCUT2D eigenvalue weighted by Crippen LogP contribution is -2.24. The van der Waals surface area contributed by atoms with Gasteiger partial charge in [0.25, 0.3) is 0 Å². The lowest BCUT2D eigenvalue weighted by atomic mass is 10.1. The van der Waals surface area contributed by atoms with Gasteiger partial charge in [-0.3, -0.25) is 9.52 Å². The summed E-state index contributed by atoms with van der Waals surface area (Å²) in [6.45, 7) is 0. The van der Waals surface area contributed by atoms with Crippen molar-refractivity contribution in [2.45, 2.75) is 12.5 Å². The lowest BCUT2D eigenvalue weighted by molar-refractivity contribution is -0.118. The maximum atomic E-state index is 12.1. The minimum Gasteiger partial charge on any atom is -0.324 e. The second-order valence-electron chi connectivity index (χ2n) is 4.95. The lowest BCUT2D eigenvalue weighted by Gasteiger charge is -2.13. The van der Waals surface area contributed by atoms with Crippen LogP contribution in [-0.2, 0) is 14.8 Å². The summed E-state index contributed by atoms with van der Waals surface area (Å²) in [6, 6.07) is 4.39. The van der Waals surface area contributed by atoms with E-state index < -0.39 is 10.0 Å². The van der Waals surface area contributed by atoms with Gasteiger partial charge in [-0.25, -0.2) is 8.42 Å². The van der Waals surface area contributed by atoms with Crippen molar-refractivity contribution in [3.8, 4) is 0 Å². The van der Waals surface area contributed by atoms with Crippen LogP contribution in [0.25, 0.3) is 0 Å². The van der Waals surface area contributed by atoms with Crippen LogP contribution in [0, 0.1) is 5.92 Å². The third-order valence-electron chi connectivity index (χ3n) is 2.98. The molecule has 0 aromatic heterocycles. The number of sulfonamides is 1. The van der Waals surface area contributed by atoms with E-state index in [1.807, 2.05) is 0 Å². The fourth-order valence-corrected chi connectivity index (χ4v) is 2.77. The van der Waals surface area contributed by atoms with Crippen LogP contribution in [-0.4, -0.2) is 26.6 Å². The summed E-state index contributed by atoms with van der Waals surface area (Å²) in [5.41, 5.74) is 6.39. The molecule has 4 N–H and O–H groups in total. The zero-order valence-electron chi connectivity index (χ0n) is 11.3. The van der Waals surface area contributed by atoms with E-state index in [4.69, 9.17) is 17.3 Å². The Labute approximate surface area is 128 Å². The average Bonchev–Trinajstić information content (AvgIpc) is 2.78. The highest BCUT2D eigenvalue weighted by atomic mass is 35.5. The summed E-state index contributed by atoms with van der Waals surface area (Å²) in [5, 5.41) is 3.01. The topological polar surface area (TPSA) is 101 Å². The first-order chi connectivity index (χ1) is 9.74. The Morgan fingerprint density at radius 3 is 2.67 bits per heavy atom. The number of nitrogens with two attached hydrogens (primary N) is 1. The molecule has 1 aromatic rings. The van der Waals surface area contributed by atoms with Crippen molar-refractivity contribution in [2.24, 2.45) is 11.7 Å².